The van der Waals surface area contributed by atoms with Gasteiger partial charge < -0.3 is 14.8 Å². The topological polar surface area (TPSA) is 76.2 Å². The molecule has 0 saturated heterocycles. The summed E-state index contributed by atoms with van der Waals surface area (Å²) in [6.45, 7) is 4.04. The van der Waals surface area contributed by atoms with E-state index in [1.807, 2.05) is 6.92 Å². The number of allylic oxidation sites excluding steroid dienone is 1. The van der Waals surface area contributed by atoms with Crippen molar-refractivity contribution in [2.24, 2.45) is 0 Å². The van der Waals surface area contributed by atoms with Crippen LogP contribution in [0.5, 0.6) is 5.75 Å². The number of aromatic amines is 1. The van der Waals surface area contributed by atoms with Crippen LogP contribution in [-0.4, -0.2) is 29.9 Å². The molecule has 0 bridgehead atoms. The lowest BCUT2D eigenvalue weighted by molar-refractivity contribution is -0.138. The fourth-order valence-corrected chi connectivity index (χ4v) is 3.31. The predicted octanol–water partition coefficient (Wildman–Crippen LogP) is 3.73. The highest BCUT2D eigenvalue weighted by molar-refractivity contribution is 5.94. The van der Waals surface area contributed by atoms with Gasteiger partial charge in [-0.3, -0.25) is 5.10 Å². The van der Waals surface area contributed by atoms with Gasteiger partial charge in [-0.25, -0.2) is 9.18 Å². The van der Waals surface area contributed by atoms with E-state index in [2.05, 4.69) is 15.5 Å². The zero-order valence-electron chi connectivity index (χ0n) is 15.1. The van der Waals surface area contributed by atoms with E-state index < -0.39 is 17.7 Å². The number of ether oxygens (including phenoxy) is 2. The molecule has 0 aliphatic carbocycles. The van der Waals surface area contributed by atoms with Crippen molar-refractivity contribution >= 4 is 11.8 Å². The van der Waals surface area contributed by atoms with E-state index in [1.54, 1.807) is 19.2 Å². The smallest absolute Gasteiger partial charge is 0.336 e. The molecule has 2 aromatic rings. The molecule has 0 saturated carbocycles. The molecule has 0 radical (unpaired) electrons. The summed E-state index contributed by atoms with van der Waals surface area (Å²) in [6, 6.07) is 4.30. The lowest BCUT2D eigenvalue weighted by Crippen LogP contribution is -2.25. The van der Waals surface area contributed by atoms with Gasteiger partial charge in [-0.05, 0) is 31.5 Å². The van der Waals surface area contributed by atoms with E-state index >= 15 is 0 Å². The van der Waals surface area contributed by atoms with Gasteiger partial charge in [-0.15, -0.1) is 0 Å². The molecule has 1 aliphatic heterocycles. The van der Waals surface area contributed by atoms with Crippen LogP contribution in [0.3, 0.4) is 0 Å². The zero-order chi connectivity index (χ0) is 18.7. The van der Waals surface area contributed by atoms with Crippen LogP contribution in [0.4, 0.5) is 10.2 Å². The third-order valence-electron chi connectivity index (χ3n) is 4.37. The van der Waals surface area contributed by atoms with Crippen molar-refractivity contribution < 1.29 is 18.7 Å². The Hall–Kier alpha value is -2.83. The Morgan fingerprint density at radius 3 is 2.81 bits per heavy atom. The van der Waals surface area contributed by atoms with Crippen LogP contribution in [0.15, 0.2) is 35.7 Å². The summed E-state index contributed by atoms with van der Waals surface area (Å²) in [6.07, 6.45) is 3.13. The standard InChI is InChI=1S/C19H22FN3O3/c1-4-6-14-17(19(24)26-5-2)16(13-10-21-23-18(13)22-14)12-9-11(20)7-8-15(12)25-3/h7-10,16H,4-6H2,1-3H3,(H2,21,22,23). The Balaban J connectivity index is 2.24. The first-order chi connectivity index (χ1) is 12.6. The summed E-state index contributed by atoms with van der Waals surface area (Å²) in [5, 5.41) is 10.2. The first-order valence-electron chi connectivity index (χ1n) is 8.64. The lowest BCUT2D eigenvalue weighted by atomic mass is 9.81. The molecule has 1 aliphatic rings. The molecule has 7 heteroatoms. The Kier molecular flexibility index (Phi) is 5.25. The number of methoxy groups -OCH3 is 1. The summed E-state index contributed by atoms with van der Waals surface area (Å²) in [4.78, 5) is 12.8. The predicted molar refractivity (Wildman–Crippen MR) is 95.6 cm³/mol. The number of hydrogen-bond donors (Lipinski definition) is 2. The summed E-state index contributed by atoms with van der Waals surface area (Å²) in [7, 11) is 1.52. The van der Waals surface area contributed by atoms with Crippen LogP contribution in [0.2, 0.25) is 0 Å². The van der Waals surface area contributed by atoms with E-state index in [4.69, 9.17) is 9.47 Å². The molecule has 1 atom stereocenters. The van der Waals surface area contributed by atoms with Crippen molar-refractivity contribution in [1.82, 2.24) is 10.2 Å². The van der Waals surface area contributed by atoms with Crippen LogP contribution in [0.1, 0.15) is 43.7 Å². The van der Waals surface area contributed by atoms with E-state index in [0.29, 0.717) is 29.1 Å². The molecular formula is C19H22FN3O3. The molecule has 0 fully saturated rings. The summed E-state index contributed by atoms with van der Waals surface area (Å²) in [5.41, 5.74) is 2.52. The van der Waals surface area contributed by atoms with Crippen LogP contribution in [-0.2, 0) is 9.53 Å². The third-order valence-corrected chi connectivity index (χ3v) is 4.37. The van der Waals surface area contributed by atoms with Crippen molar-refractivity contribution in [2.75, 3.05) is 19.0 Å². The van der Waals surface area contributed by atoms with Crippen molar-refractivity contribution in [3.8, 4) is 5.75 Å². The van der Waals surface area contributed by atoms with Crippen LogP contribution < -0.4 is 10.1 Å². The van der Waals surface area contributed by atoms with Crippen LogP contribution in [0.25, 0.3) is 0 Å². The fourth-order valence-electron chi connectivity index (χ4n) is 3.31. The van der Waals surface area contributed by atoms with Gasteiger partial charge in [0.05, 0.1) is 31.4 Å². The van der Waals surface area contributed by atoms with Gasteiger partial charge in [0.25, 0.3) is 0 Å². The molecular weight excluding hydrogens is 337 g/mol. The third kappa shape index (κ3) is 3.16. The number of carbonyl (C=O) groups excluding carboxylic acids is 1. The summed E-state index contributed by atoms with van der Waals surface area (Å²) < 4.78 is 24.8. The molecule has 0 spiro atoms. The number of H-pyrrole nitrogens is 1. The van der Waals surface area contributed by atoms with E-state index in [1.165, 1.54) is 19.2 Å². The maximum absolute atomic E-state index is 14.0. The van der Waals surface area contributed by atoms with E-state index in [9.17, 15) is 9.18 Å². The van der Waals surface area contributed by atoms with Crippen LogP contribution >= 0.6 is 0 Å². The number of hydrogen-bond acceptors (Lipinski definition) is 5. The van der Waals surface area contributed by atoms with E-state index in [0.717, 1.165) is 17.7 Å². The highest BCUT2D eigenvalue weighted by Gasteiger charge is 2.37. The zero-order valence-corrected chi connectivity index (χ0v) is 15.1. The minimum absolute atomic E-state index is 0.257. The van der Waals surface area contributed by atoms with Gasteiger partial charge >= 0.3 is 5.97 Å². The number of anilines is 1. The number of carbonyl (C=O) groups is 1. The summed E-state index contributed by atoms with van der Waals surface area (Å²) in [5.74, 6) is -0.159. The number of nitrogens with zero attached hydrogens (tertiary/aromatic N) is 1. The molecule has 1 aromatic carbocycles. The highest BCUT2D eigenvalue weighted by Crippen LogP contribution is 2.45. The van der Waals surface area contributed by atoms with Gasteiger partial charge in [0.2, 0.25) is 0 Å². The molecule has 0 amide bonds. The first-order valence-corrected chi connectivity index (χ1v) is 8.64. The average Bonchev–Trinajstić information content (AvgIpc) is 3.09. The van der Waals surface area contributed by atoms with E-state index in [-0.39, 0.29) is 6.61 Å². The number of fused-ring (bicyclic) bond motifs is 1. The lowest BCUT2D eigenvalue weighted by Gasteiger charge is -2.29. The fraction of sp³-hybridized carbons (Fsp3) is 0.368. The second-order valence-electron chi connectivity index (χ2n) is 6.01. The Morgan fingerprint density at radius 2 is 2.12 bits per heavy atom. The van der Waals surface area contributed by atoms with Gasteiger partial charge in [-0.2, -0.15) is 5.10 Å². The second-order valence-corrected chi connectivity index (χ2v) is 6.01. The molecule has 138 valence electrons. The highest BCUT2D eigenvalue weighted by atomic mass is 19.1. The van der Waals surface area contributed by atoms with Gasteiger partial charge in [0.1, 0.15) is 17.4 Å². The van der Waals surface area contributed by atoms with Crippen molar-refractivity contribution in [2.45, 2.75) is 32.6 Å². The Labute approximate surface area is 151 Å². The largest absolute Gasteiger partial charge is 0.496 e. The number of halogens is 1. The Morgan fingerprint density at radius 1 is 1.31 bits per heavy atom. The molecule has 1 aromatic heterocycles. The quantitative estimate of drug-likeness (QED) is 0.769. The van der Waals surface area contributed by atoms with Crippen molar-refractivity contribution in [1.29, 1.82) is 0 Å². The van der Waals surface area contributed by atoms with Gasteiger partial charge in [0, 0.05) is 16.8 Å². The minimum Gasteiger partial charge on any atom is -0.496 e. The number of benzene rings is 1. The molecule has 2 N–H and O–H groups in total. The van der Waals surface area contributed by atoms with Gasteiger partial charge in [-0.1, -0.05) is 13.3 Å². The maximum Gasteiger partial charge on any atom is 0.336 e. The SMILES string of the molecule is CCCC1=C(C(=O)OCC)C(c2cc(F)ccc2OC)c2cn[nH]c2N1. The molecule has 2 heterocycles. The van der Waals surface area contributed by atoms with Crippen molar-refractivity contribution in [3.63, 3.8) is 0 Å². The monoisotopic (exact) mass is 359 g/mol. The normalized spacial score (nSPS) is 16.1. The molecule has 1 unspecified atom stereocenters. The van der Waals surface area contributed by atoms with Crippen LogP contribution in [0, 0.1) is 5.82 Å². The molecule has 26 heavy (non-hydrogen) atoms. The molecule has 3 rings (SSSR count). The van der Waals surface area contributed by atoms with Gasteiger partial charge in [0.15, 0.2) is 0 Å². The number of aromatic nitrogens is 2. The molecule has 6 nitrogen and oxygen atoms in total. The average molecular weight is 359 g/mol. The first kappa shape index (κ1) is 18.0. The Bertz CT molecular complexity index is 844. The maximum atomic E-state index is 14.0. The number of nitrogens with one attached hydrogen (secondary N) is 2. The number of esters is 1. The second kappa shape index (κ2) is 7.59. The van der Waals surface area contributed by atoms with Crippen molar-refractivity contribution in [3.05, 3.63) is 52.6 Å². The number of rotatable bonds is 6. The minimum atomic E-state index is -0.531. The summed E-state index contributed by atoms with van der Waals surface area (Å²) >= 11 is 0.